The number of hydrogen-bond donors (Lipinski definition) is 3. The van der Waals surface area contributed by atoms with Gasteiger partial charge in [0.2, 0.25) is 5.91 Å². The van der Waals surface area contributed by atoms with Crippen molar-refractivity contribution in [1.29, 1.82) is 0 Å². The third-order valence-electron chi connectivity index (χ3n) is 2.24. The van der Waals surface area contributed by atoms with Crippen molar-refractivity contribution >= 4 is 33.8 Å². The van der Waals surface area contributed by atoms with Gasteiger partial charge in [0.05, 0.1) is 12.8 Å². The zero-order valence-electron chi connectivity index (χ0n) is 10.0. The Hall–Kier alpha value is -1.11. The number of carboxylic acids is 2. The van der Waals surface area contributed by atoms with Crippen LogP contribution in [0.3, 0.4) is 0 Å². The van der Waals surface area contributed by atoms with Gasteiger partial charge in [0, 0.05) is 17.8 Å². The van der Waals surface area contributed by atoms with Gasteiger partial charge in [-0.25, -0.2) is 0 Å². The van der Waals surface area contributed by atoms with Crippen LogP contribution in [0.1, 0.15) is 38.5 Å². The Bertz CT molecular complexity index is 279. The molecule has 0 atom stereocenters. The number of unbranched alkanes of at least 4 members (excludes halogenated alkanes) is 2. The average Bonchev–Trinajstić information content (AvgIpc) is 2.22. The maximum absolute atomic E-state index is 11.5. The molecule has 6 nitrogen and oxygen atoms in total. The average molecular weight is 324 g/mol. The lowest BCUT2D eigenvalue weighted by molar-refractivity contribution is -0.139. The number of carboxylic acid groups (broad SMARTS) is 2. The van der Waals surface area contributed by atoms with E-state index in [1.807, 2.05) is 0 Å². The van der Waals surface area contributed by atoms with Crippen LogP contribution in [0.15, 0.2) is 0 Å². The van der Waals surface area contributed by atoms with E-state index in [-0.39, 0.29) is 18.7 Å². The van der Waals surface area contributed by atoms with E-state index in [4.69, 9.17) is 10.2 Å². The van der Waals surface area contributed by atoms with Gasteiger partial charge in [-0.15, -0.1) is 0 Å². The molecule has 7 heteroatoms. The molecule has 0 unspecified atom stereocenters. The van der Waals surface area contributed by atoms with Gasteiger partial charge < -0.3 is 15.5 Å². The van der Waals surface area contributed by atoms with Gasteiger partial charge in [-0.1, -0.05) is 22.4 Å². The summed E-state index contributed by atoms with van der Waals surface area (Å²) in [5.74, 6) is -2.54. The Kier molecular flexibility index (Phi) is 9.26. The van der Waals surface area contributed by atoms with E-state index in [0.29, 0.717) is 12.8 Å². The van der Waals surface area contributed by atoms with Crippen LogP contribution in [0.4, 0.5) is 0 Å². The quantitative estimate of drug-likeness (QED) is 0.416. The van der Waals surface area contributed by atoms with E-state index in [1.165, 1.54) is 0 Å². The number of alkyl halides is 1. The molecule has 0 heterocycles. The van der Waals surface area contributed by atoms with E-state index in [9.17, 15) is 14.4 Å². The third kappa shape index (κ3) is 10.1. The van der Waals surface area contributed by atoms with Gasteiger partial charge in [0.1, 0.15) is 0 Å². The fourth-order valence-electron chi connectivity index (χ4n) is 1.45. The highest BCUT2D eigenvalue weighted by Gasteiger charge is 2.18. The lowest BCUT2D eigenvalue weighted by Gasteiger charge is -2.14. The van der Waals surface area contributed by atoms with Gasteiger partial charge >= 0.3 is 11.9 Å². The minimum Gasteiger partial charge on any atom is -0.481 e. The summed E-state index contributed by atoms with van der Waals surface area (Å²) in [4.78, 5) is 32.5. The summed E-state index contributed by atoms with van der Waals surface area (Å²) in [5.41, 5.74) is 0. The first kappa shape index (κ1) is 16.9. The lowest BCUT2D eigenvalue weighted by Crippen LogP contribution is -2.37. The number of rotatable bonds is 10. The standard InChI is InChI=1S/C11H18BrNO5/c12-5-3-1-2-4-9(14)13-8(6-10(15)16)7-11(17)18/h8H,1-7H2,(H,13,14)(H,15,16)(H,17,18). The molecule has 0 aliphatic rings. The molecule has 0 spiro atoms. The first-order valence-corrected chi connectivity index (χ1v) is 6.86. The van der Waals surface area contributed by atoms with Crippen molar-refractivity contribution in [3.63, 3.8) is 0 Å². The van der Waals surface area contributed by atoms with Crippen LogP contribution in [0.2, 0.25) is 0 Å². The predicted molar refractivity (Wildman–Crippen MR) is 68.7 cm³/mol. The van der Waals surface area contributed by atoms with Crippen molar-refractivity contribution < 1.29 is 24.6 Å². The molecule has 0 aliphatic heterocycles. The van der Waals surface area contributed by atoms with Gasteiger partial charge in [-0.05, 0) is 12.8 Å². The molecule has 0 fully saturated rings. The Balaban J connectivity index is 4.01. The Morgan fingerprint density at radius 3 is 2.00 bits per heavy atom. The number of nitrogens with one attached hydrogen (secondary N) is 1. The first-order chi connectivity index (χ1) is 8.45. The topological polar surface area (TPSA) is 104 Å². The second-order valence-corrected chi connectivity index (χ2v) is 4.75. The molecule has 18 heavy (non-hydrogen) atoms. The van der Waals surface area contributed by atoms with E-state index < -0.39 is 18.0 Å². The molecular weight excluding hydrogens is 306 g/mol. The van der Waals surface area contributed by atoms with Crippen LogP contribution in [0.25, 0.3) is 0 Å². The summed E-state index contributed by atoms with van der Waals surface area (Å²) in [6.07, 6.45) is 2.13. The van der Waals surface area contributed by atoms with Crippen LogP contribution in [-0.2, 0) is 14.4 Å². The van der Waals surface area contributed by atoms with Crippen molar-refractivity contribution in [3.8, 4) is 0 Å². The summed E-state index contributed by atoms with van der Waals surface area (Å²) >= 11 is 3.28. The Labute approximate surface area is 114 Å². The lowest BCUT2D eigenvalue weighted by atomic mass is 10.1. The molecule has 0 saturated heterocycles. The third-order valence-corrected chi connectivity index (χ3v) is 2.81. The van der Waals surface area contributed by atoms with Gasteiger partial charge in [0.15, 0.2) is 0 Å². The van der Waals surface area contributed by atoms with Gasteiger partial charge in [0.25, 0.3) is 0 Å². The fraction of sp³-hybridized carbons (Fsp3) is 0.727. The van der Waals surface area contributed by atoms with Crippen molar-refractivity contribution in [1.82, 2.24) is 5.32 Å². The number of halogens is 1. The zero-order chi connectivity index (χ0) is 14.0. The summed E-state index contributed by atoms with van der Waals surface area (Å²) in [7, 11) is 0. The molecule has 0 radical (unpaired) electrons. The van der Waals surface area contributed by atoms with Crippen molar-refractivity contribution in [2.24, 2.45) is 0 Å². The minimum absolute atomic E-state index is 0.294. The molecular formula is C11H18BrNO5. The summed E-state index contributed by atoms with van der Waals surface area (Å²) in [6, 6.07) is -0.844. The van der Waals surface area contributed by atoms with Crippen LogP contribution in [0, 0.1) is 0 Å². The highest BCUT2D eigenvalue weighted by atomic mass is 79.9. The minimum atomic E-state index is -1.12. The van der Waals surface area contributed by atoms with Crippen molar-refractivity contribution in [3.05, 3.63) is 0 Å². The number of amides is 1. The SMILES string of the molecule is O=C(O)CC(CC(=O)O)NC(=O)CCCCCBr. The van der Waals surface area contributed by atoms with Crippen LogP contribution in [0.5, 0.6) is 0 Å². The fourth-order valence-corrected chi connectivity index (χ4v) is 1.85. The van der Waals surface area contributed by atoms with Crippen molar-refractivity contribution in [2.45, 2.75) is 44.6 Å². The van der Waals surface area contributed by atoms with Crippen LogP contribution >= 0.6 is 15.9 Å². The Morgan fingerprint density at radius 1 is 1.00 bits per heavy atom. The molecule has 1 amide bonds. The molecule has 0 saturated carbocycles. The van der Waals surface area contributed by atoms with Crippen molar-refractivity contribution in [2.75, 3.05) is 5.33 Å². The molecule has 0 aliphatic carbocycles. The van der Waals surface area contributed by atoms with E-state index in [0.717, 1.165) is 18.2 Å². The van der Waals surface area contributed by atoms with E-state index >= 15 is 0 Å². The smallest absolute Gasteiger partial charge is 0.305 e. The molecule has 3 N–H and O–H groups in total. The molecule has 104 valence electrons. The summed E-state index contributed by atoms with van der Waals surface area (Å²) < 4.78 is 0. The molecule has 0 aromatic carbocycles. The molecule has 0 bridgehead atoms. The van der Waals surface area contributed by atoms with Gasteiger partial charge in [-0.2, -0.15) is 0 Å². The van der Waals surface area contributed by atoms with E-state index in [2.05, 4.69) is 21.2 Å². The monoisotopic (exact) mass is 323 g/mol. The maximum Gasteiger partial charge on any atom is 0.305 e. The number of aliphatic carboxylic acids is 2. The largest absolute Gasteiger partial charge is 0.481 e. The summed E-state index contributed by atoms with van der Waals surface area (Å²) in [5, 5.41) is 20.5. The van der Waals surface area contributed by atoms with Crippen LogP contribution in [-0.4, -0.2) is 39.4 Å². The zero-order valence-corrected chi connectivity index (χ0v) is 11.6. The highest BCUT2D eigenvalue weighted by Crippen LogP contribution is 2.04. The highest BCUT2D eigenvalue weighted by molar-refractivity contribution is 9.09. The normalized spacial score (nSPS) is 10.3. The summed E-state index contributed by atoms with van der Waals surface area (Å²) in [6.45, 7) is 0. The Morgan fingerprint density at radius 2 is 1.56 bits per heavy atom. The predicted octanol–water partition coefficient (Wildman–Crippen LogP) is 1.38. The molecule has 0 aromatic heterocycles. The second kappa shape index (κ2) is 9.87. The first-order valence-electron chi connectivity index (χ1n) is 5.74. The second-order valence-electron chi connectivity index (χ2n) is 3.96. The maximum atomic E-state index is 11.5. The number of hydrogen-bond acceptors (Lipinski definition) is 3. The molecule has 0 aromatic rings. The van der Waals surface area contributed by atoms with E-state index in [1.54, 1.807) is 0 Å². The molecule has 0 rings (SSSR count). The van der Waals surface area contributed by atoms with Crippen LogP contribution < -0.4 is 5.32 Å². The number of carbonyl (C=O) groups excluding carboxylic acids is 1. The number of carbonyl (C=O) groups is 3. The van der Waals surface area contributed by atoms with Gasteiger partial charge in [-0.3, -0.25) is 14.4 Å².